The lowest BCUT2D eigenvalue weighted by atomic mass is 10.2. The van der Waals surface area contributed by atoms with Crippen molar-refractivity contribution in [3.05, 3.63) is 24.0 Å². The van der Waals surface area contributed by atoms with Gasteiger partial charge >= 0.3 is 0 Å². The molecule has 1 saturated heterocycles. The van der Waals surface area contributed by atoms with E-state index in [9.17, 15) is 4.39 Å². The number of nitrogen functional groups attached to an aromatic ring is 1. The van der Waals surface area contributed by atoms with Crippen molar-refractivity contribution in [2.75, 3.05) is 37.9 Å². The van der Waals surface area contributed by atoms with E-state index >= 15 is 0 Å². The Morgan fingerprint density at radius 2 is 1.82 bits per heavy atom. The summed E-state index contributed by atoms with van der Waals surface area (Å²) in [6.07, 6.45) is 0.0360. The number of hydrogen-bond donors (Lipinski definition) is 1. The van der Waals surface area contributed by atoms with Gasteiger partial charge in [0, 0.05) is 27.3 Å². The topological polar surface area (TPSA) is 47.7 Å². The lowest BCUT2D eigenvalue weighted by Crippen LogP contribution is -2.27. The predicted octanol–water partition coefficient (Wildman–Crippen LogP) is 1.26. The second kappa shape index (κ2) is 4.89. The summed E-state index contributed by atoms with van der Waals surface area (Å²) in [6.45, 7) is 1.40. The van der Waals surface area contributed by atoms with Gasteiger partial charge in [-0.25, -0.2) is 4.39 Å². The summed E-state index contributed by atoms with van der Waals surface area (Å²) in [5.41, 5.74) is 7.08. The van der Waals surface area contributed by atoms with Crippen LogP contribution in [0.3, 0.4) is 0 Å². The van der Waals surface area contributed by atoms with E-state index in [1.165, 1.54) is 12.1 Å². The number of methoxy groups -OCH3 is 2. The zero-order valence-electron chi connectivity index (χ0n) is 10.0. The van der Waals surface area contributed by atoms with Crippen LogP contribution < -0.4 is 10.6 Å². The first-order valence-corrected chi connectivity index (χ1v) is 5.51. The Balaban J connectivity index is 2.19. The average molecular weight is 240 g/mol. The normalized spacial score (nSPS) is 24.3. The highest BCUT2D eigenvalue weighted by molar-refractivity contribution is 5.68. The molecular weight excluding hydrogens is 223 g/mol. The van der Waals surface area contributed by atoms with E-state index in [2.05, 4.69) is 4.90 Å². The molecule has 0 amide bonds. The zero-order chi connectivity index (χ0) is 12.4. The third kappa shape index (κ3) is 2.35. The van der Waals surface area contributed by atoms with Gasteiger partial charge in [0.2, 0.25) is 0 Å². The monoisotopic (exact) mass is 240 g/mol. The van der Waals surface area contributed by atoms with Gasteiger partial charge in [-0.05, 0) is 18.2 Å². The molecule has 2 unspecified atom stereocenters. The van der Waals surface area contributed by atoms with Gasteiger partial charge in [-0.1, -0.05) is 0 Å². The Bertz CT molecular complexity index is 388. The lowest BCUT2D eigenvalue weighted by Gasteiger charge is -2.19. The third-order valence-electron chi connectivity index (χ3n) is 3.15. The summed E-state index contributed by atoms with van der Waals surface area (Å²) < 4.78 is 23.7. The minimum atomic E-state index is -0.322. The number of rotatable bonds is 3. The molecule has 4 nitrogen and oxygen atoms in total. The van der Waals surface area contributed by atoms with E-state index in [0.29, 0.717) is 18.8 Å². The summed E-state index contributed by atoms with van der Waals surface area (Å²) in [7, 11) is 3.32. The molecule has 1 heterocycles. The molecule has 2 N–H and O–H groups in total. The molecule has 17 heavy (non-hydrogen) atoms. The highest BCUT2D eigenvalue weighted by Gasteiger charge is 2.33. The Labute approximate surface area is 100 Å². The molecule has 1 aromatic rings. The van der Waals surface area contributed by atoms with Crippen molar-refractivity contribution in [3.63, 3.8) is 0 Å². The van der Waals surface area contributed by atoms with Crippen LogP contribution in [0.5, 0.6) is 0 Å². The SMILES string of the molecule is COC1CN(c2ccc(F)cc2N)CC1OC. The predicted molar refractivity (Wildman–Crippen MR) is 64.6 cm³/mol. The van der Waals surface area contributed by atoms with E-state index in [0.717, 1.165) is 5.69 Å². The first-order chi connectivity index (χ1) is 8.15. The highest BCUT2D eigenvalue weighted by atomic mass is 19.1. The third-order valence-corrected chi connectivity index (χ3v) is 3.15. The van der Waals surface area contributed by atoms with Crippen molar-refractivity contribution in [1.29, 1.82) is 0 Å². The van der Waals surface area contributed by atoms with Gasteiger partial charge in [-0.15, -0.1) is 0 Å². The van der Waals surface area contributed by atoms with E-state index in [-0.39, 0.29) is 18.0 Å². The smallest absolute Gasteiger partial charge is 0.125 e. The van der Waals surface area contributed by atoms with Gasteiger partial charge in [0.25, 0.3) is 0 Å². The molecule has 1 fully saturated rings. The molecule has 1 aromatic carbocycles. The second-order valence-electron chi connectivity index (χ2n) is 4.16. The zero-order valence-corrected chi connectivity index (χ0v) is 10.0. The fourth-order valence-electron chi connectivity index (χ4n) is 2.21. The minimum absolute atomic E-state index is 0.0180. The second-order valence-corrected chi connectivity index (χ2v) is 4.16. The summed E-state index contributed by atoms with van der Waals surface area (Å²) >= 11 is 0. The standard InChI is InChI=1S/C12H17FN2O2/c1-16-11-6-15(7-12(11)17-2)10-4-3-8(13)5-9(10)14/h3-5,11-12H,6-7,14H2,1-2H3. The quantitative estimate of drug-likeness (QED) is 0.808. The molecule has 2 atom stereocenters. The van der Waals surface area contributed by atoms with Crippen LogP contribution in [0, 0.1) is 5.82 Å². The van der Waals surface area contributed by atoms with Gasteiger partial charge in [0.05, 0.1) is 11.4 Å². The van der Waals surface area contributed by atoms with E-state index in [1.54, 1.807) is 20.3 Å². The van der Waals surface area contributed by atoms with Gasteiger partial charge < -0.3 is 20.1 Å². The maximum absolute atomic E-state index is 13.0. The molecule has 2 rings (SSSR count). The number of nitrogens with two attached hydrogens (primary N) is 1. The molecule has 0 radical (unpaired) electrons. The van der Waals surface area contributed by atoms with Gasteiger partial charge in [-0.3, -0.25) is 0 Å². The highest BCUT2D eigenvalue weighted by Crippen LogP contribution is 2.28. The number of hydrogen-bond acceptors (Lipinski definition) is 4. The number of anilines is 2. The Hall–Kier alpha value is -1.33. The van der Waals surface area contributed by atoms with Crippen LogP contribution in [0.4, 0.5) is 15.8 Å². The fourth-order valence-corrected chi connectivity index (χ4v) is 2.21. The maximum Gasteiger partial charge on any atom is 0.125 e. The van der Waals surface area contributed by atoms with E-state index < -0.39 is 0 Å². The Morgan fingerprint density at radius 1 is 1.24 bits per heavy atom. The minimum Gasteiger partial charge on any atom is -0.397 e. The molecule has 94 valence electrons. The lowest BCUT2D eigenvalue weighted by molar-refractivity contribution is -0.00461. The fraction of sp³-hybridized carbons (Fsp3) is 0.500. The molecule has 0 spiro atoms. The van der Waals surface area contributed by atoms with Gasteiger partial charge in [0.15, 0.2) is 0 Å². The number of halogens is 1. The first kappa shape index (κ1) is 12.1. The van der Waals surface area contributed by atoms with Crippen LogP contribution in [0.15, 0.2) is 18.2 Å². The van der Waals surface area contributed by atoms with Crippen LogP contribution in [0.2, 0.25) is 0 Å². The van der Waals surface area contributed by atoms with Crippen molar-refractivity contribution < 1.29 is 13.9 Å². The van der Waals surface area contributed by atoms with Crippen LogP contribution in [0.1, 0.15) is 0 Å². The molecule has 1 aliphatic heterocycles. The van der Waals surface area contributed by atoms with Crippen molar-refractivity contribution in [2.24, 2.45) is 0 Å². The van der Waals surface area contributed by atoms with Gasteiger partial charge in [-0.2, -0.15) is 0 Å². The van der Waals surface area contributed by atoms with Crippen LogP contribution in [0.25, 0.3) is 0 Å². The van der Waals surface area contributed by atoms with E-state index in [1.807, 2.05) is 0 Å². The average Bonchev–Trinajstić information content (AvgIpc) is 2.72. The van der Waals surface area contributed by atoms with E-state index in [4.69, 9.17) is 15.2 Å². The molecule has 5 heteroatoms. The number of benzene rings is 1. The first-order valence-electron chi connectivity index (χ1n) is 5.51. The molecule has 0 saturated carbocycles. The molecule has 0 bridgehead atoms. The van der Waals surface area contributed by atoms with Crippen LogP contribution in [-0.4, -0.2) is 39.5 Å². The summed E-state index contributed by atoms with van der Waals surface area (Å²) in [4.78, 5) is 2.05. The van der Waals surface area contributed by atoms with Crippen molar-refractivity contribution in [3.8, 4) is 0 Å². The molecule has 1 aliphatic rings. The van der Waals surface area contributed by atoms with Crippen LogP contribution >= 0.6 is 0 Å². The largest absolute Gasteiger partial charge is 0.397 e. The van der Waals surface area contributed by atoms with Crippen LogP contribution in [-0.2, 0) is 9.47 Å². The maximum atomic E-state index is 13.0. The van der Waals surface area contributed by atoms with Crippen molar-refractivity contribution in [2.45, 2.75) is 12.2 Å². The number of nitrogens with zero attached hydrogens (tertiary/aromatic N) is 1. The van der Waals surface area contributed by atoms with Crippen molar-refractivity contribution >= 4 is 11.4 Å². The molecule has 0 aliphatic carbocycles. The summed E-state index contributed by atoms with van der Waals surface area (Å²) in [5, 5.41) is 0. The Kier molecular flexibility index (Phi) is 3.49. The summed E-state index contributed by atoms with van der Waals surface area (Å²) in [6, 6.07) is 4.43. The Morgan fingerprint density at radius 3 is 2.29 bits per heavy atom. The summed E-state index contributed by atoms with van der Waals surface area (Å²) in [5.74, 6) is -0.322. The molecular formula is C12H17FN2O2. The number of ether oxygens (including phenoxy) is 2. The van der Waals surface area contributed by atoms with Gasteiger partial charge in [0.1, 0.15) is 18.0 Å². The van der Waals surface area contributed by atoms with Crippen molar-refractivity contribution in [1.82, 2.24) is 0 Å². The molecule has 0 aromatic heterocycles.